The summed E-state index contributed by atoms with van der Waals surface area (Å²) in [6, 6.07) is 3.19. The molecule has 5 N–H and O–H groups in total. The van der Waals surface area contributed by atoms with Crippen LogP contribution < -0.4 is 20.3 Å². The molecule has 2 rings (SSSR count). The van der Waals surface area contributed by atoms with E-state index in [2.05, 4.69) is 20.9 Å². The van der Waals surface area contributed by atoms with Gasteiger partial charge in [-0.1, -0.05) is 0 Å². The monoisotopic (exact) mass is 430 g/mol. The molecule has 11 nitrogen and oxygen atoms in total. The molecule has 0 radical (unpaired) electrons. The van der Waals surface area contributed by atoms with Crippen LogP contribution in [0.4, 0.5) is 20.8 Å². The smallest absolute Gasteiger partial charge is 0.357 e. The Balaban J connectivity index is 2.26. The number of aromatic carboxylic acids is 1. The Morgan fingerprint density at radius 3 is 2.68 bits per heavy atom. The molecule has 0 atom stereocenters. The fourth-order valence-electron chi connectivity index (χ4n) is 2.01. The van der Waals surface area contributed by atoms with E-state index in [9.17, 15) is 22.4 Å². The van der Waals surface area contributed by atoms with Gasteiger partial charge in [-0.25, -0.2) is 26.9 Å². The Kier molecular flexibility index (Phi) is 6.84. The van der Waals surface area contributed by atoms with Crippen LogP contribution in [0.2, 0.25) is 0 Å². The predicted octanol–water partition coefficient (Wildman–Crippen LogP) is 0.327. The van der Waals surface area contributed by atoms with Gasteiger partial charge in [-0.05, 0) is 12.1 Å². The molecule has 1 amide bonds. The van der Waals surface area contributed by atoms with E-state index < -0.39 is 34.3 Å². The van der Waals surface area contributed by atoms with Gasteiger partial charge in [0.15, 0.2) is 11.7 Å². The summed E-state index contributed by atoms with van der Waals surface area (Å²) in [5.74, 6) is -3.09. The third-order valence-corrected chi connectivity index (χ3v) is 4.96. The molecule has 14 heteroatoms. The van der Waals surface area contributed by atoms with E-state index in [0.717, 1.165) is 29.0 Å². The number of guanidine groups is 1. The lowest BCUT2D eigenvalue weighted by Gasteiger charge is -2.17. The van der Waals surface area contributed by atoms with Gasteiger partial charge in [0.1, 0.15) is 10.8 Å². The zero-order chi connectivity index (χ0) is 20.8. The van der Waals surface area contributed by atoms with Crippen LogP contribution in [-0.2, 0) is 15.7 Å². The number of thiol groups is 1. The molecule has 0 aliphatic rings. The van der Waals surface area contributed by atoms with Gasteiger partial charge < -0.3 is 21.1 Å². The highest BCUT2D eigenvalue weighted by molar-refractivity contribution is 7.74. The van der Waals surface area contributed by atoms with Crippen molar-refractivity contribution in [2.24, 2.45) is 0 Å². The topological polar surface area (TPSA) is 165 Å². The standard InChI is InChI=1S/C14H15FN6O5S2/c1-17-14(16)18-5-10(22)20-9-3-2-7(4-8(9)15)21(28(25)26)12-11(13(23)24)19-6-27-12/h2-4,6,28H,5H2,1H3,(H,20,22)(H,23,24)(H3,16,17,18). The van der Waals surface area contributed by atoms with E-state index in [-0.39, 0.29) is 28.9 Å². The van der Waals surface area contributed by atoms with E-state index in [1.165, 1.54) is 13.1 Å². The number of aromatic nitrogens is 1. The number of carbonyl (C=O) groups is 2. The average molecular weight is 430 g/mol. The Labute approximate surface area is 163 Å². The van der Waals surface area contributed by atoms with Crippen LogP contribution in [0.5, 0.6) is 0 Å². The summed E-state index contributed by atoms with van der Waals surface area (Å²) in [6.07, 6.45) is 0. The van der Waals surface area contributed by atoms with Crippen LogP contribution >= 0.6 is 11.3 Å². The third-order valence-electron chi connectivity index (χ3n) is 3.25. The minimum Gasteiger partial charge on any atom is -0.476 e. The molecule has 0 aliphatic carbocycles. The summed E-state index contributed by atoms with van der Waals surface area (Å²) < 4.78 is 38.3. The van der Waals surface area contributed by atoms with Crippen molar-refractivity contribution in [1.82, 2.24) is 15.6 Å². The summed E-state index contributed by atoms with van der Waals surface area (Å²) in [7, 11) is -1.86. The van der Waals surface area contributed by atoms with Crippen LogP contribution in [0.15, 0.2) is 23.7 Å². The molecule has 2 aromatic rings. The Morgan fingerprint density at radius 1 is 1.39 bits per heavy atom. The normalized spacial score (nSPS) is 10.4. The van der Waals surface area contributed by atoms with Gasteiger partial charge in [0, 0.05) is 13.1 Å². The first kappa shape index (κ1) is 21.0. The zero-order valence-electron chi connectivity index (χ0n) is 14.2. The van der Waals surface area contributed by atoms with Crippen molar-refractivity contribution in [2.45, 2.75) is 0 Å². The van der Waals surface area contributed by atoms with Crippen molar-refractivity contribution in [3.63, 3.8) is 0 Å². The molecule has 0 fully saturated rings. The largest absolute Gasteiger partial charge is 0.476 e. The van der Waals surface area contributed by atoms with Crippen LogP contribution in [0.25, 0.3) is 0 Å². The third kappa shape index (κ3) is 4.92. The number of thiazole rings is 1. The molecule has 1 aromatic carbocycles. The molecule has 0 aliphatic heterocycles. The molecule has 0 bridgehead atoms. The summed E-state index contributed by atoms with van der Waals surface area (Å²) in [5, 5.41) is 23.4. The number of halogens is 1. The van der Waals surface area contributed by atoms with Gasteiger partial charge in [0.05, 0.1) is 23.4 Å². The highest BCUT2D eigenvalue weighted by Gasteiger charge is 2.23. The van der Waals surface area contributed by atoms with Crippen molar-refractivity contribution < 1.29 is 27.5 Å². The number of hydrogen-bond acceptors (Lipinski definition) is 7. The minimum absolute atomic E-state index is 0.0975. The SMILES string of the molecule is CNC(=N)NCC(=O)Nc1ccc(N(c2scnc2C(=O)O)[SH](=O)=O)cc1F. The van der Waals surface area contributed by atoms with Crippen LogP contribution in [-0.4, -0.2) is 49.9 Å². The molecule has 28 heavy (non-hydrogen) atoms. The first-order valence-electron chi connectivity index (χ1n) is 7.45. The van der Waals surface area contributed by atoms with Gasteiger partial charge >= 0.3 is 5.97 Å². The van der Waals surface area contributed by atoms with E-state index in [1.54, 1.807) is 0 Å². The quantitative estimate of drug-likeness (QED) is 0.208. The second kappa shape index (κ2) is 9.09. The van der Waals surface area contributed by atoms with Crippen LogP contribution in [0, 0.1) is 11.2 Å². The summed E-state index contributed by atoms with van der Waals surface area (Å²) >= 11 is 0.765. The van der Waals surface area contributed by atoms with Gasteiger partial charge in [-0.3, -0.25) is 10.2 Å². The Morgan fingerprint density at radius 2 is 2.11 bits per heavy atom. The van der Waals surface area contributed by atoms with Gasteiger partial charge in [0.25, 0.3) is 0 Å². The fraction of sp³-hybridized carbons (Fsp3) is 0.143. The maximum absolute atomic E-state index is 14.4. The minimum atomic E-state index is -3.34. The lowest BCUT2D eigenvalue weighted by Crippen LogP contribution is -2.38. The van der Waals surface area contributed by atoms with E-state index in [1.807, 2.05) is 0 Å². The van der Waals surface area contributed by atoms with Gasteiger partial charge in [0.2, 0.25) is 16.8 Å². The molecule has 0 spiro atoms. The number of rotatable bonds is 7. The number of benzene rings is 1. The molecule has 1 aromatic heterocycles. The number of nitrogens with zero attached hydrogens (tertiary/aromatic N) is 2. The van der Waals surface area contributed by atoms with Crippen molar-refractivity contribution in [2.75, 3.05) is 23.2 Å². The maximum atomic E-state index is 14.4. The van der Waals surface area contributed by atoms with E-state index in [4.69, 9.17) is 10.5 Å². The summed E-state index contributed by atoms with van der Waals surface area (Å²) in [5.41, 5.74) is 0.301. The highest BCUT2D eigenvalue weighted by Crippen LogP contribution is 2.33. The molecular weight excluding hydrogens is 415 g/mol. The fourth-order valence-corrected chi connectivity index (χ4v) is 3.62. The van der Waals surface area contributed by atoms with E-state index in [0.29, 0.717) is 4.31 Å². The molecule has 0 saturated heterocycles. The van der Waals surface area contributed by atoms with Gasteiger partial charge in [-0.2, -0.15) is 0 Å². The molecule has 150 valence electrons. The average Bonchev–Trinajstić information content (AvgIpc) is 3.11. The Bertz CT molecular complexity index is 984. The number of carboxylic acid groups (broad SMARTS) is 1. The van der Waals surface area contributed by atoms with Gasteiger partial charge in [-0.15, -0.1) is 11.3 Å². The predicted molar refractivity (Wildman–Crippen MR) is 101 cm³/mol. The second-order valence-corrected chi connectivity index (χ2v) is 6.76. The molecule has 0 saturated carbocycles. The number of hydrogen-bond donors (Lipinski definition) is 6. The van der Waals surface area contributed by atoms with E-state index >= 15 is 0 Å². The maximum Gasteiger partial charge on any atom is 0.357 e. The lowest BCUT2D eigenvalue weighted by atomic mass is 10.2. The number of nitrogens with one attached hydrogen (secondary N) is 4. The first-order valence-corrected chi connectivity index (χ1v) is 9.46. The zero-order valence-corrected chi connectivity index (χ0v) is 15.9. The number of carbonyl (C=O) groups excluding carboxylic acids is 1. The second-order valence-electron chi connectivity index (χ2n) is 5.05. The number of anilines is 3. The van der Waals surface area contributed by atoms with Crippen molar-refractivity contribution in [3.05, 3.63) is 35.2 Å². The van der Waals surface area contributed by atoms with Crippen molar-refractivity contribution in [3.8, 4) is 0 Å². The molecule has 0 unspecified atom stereocenters. The first-order chi connectivity index (χ1) is 13.2. The molecule has 1 heterocycles. The van der Waals surface area contributed by atoms with Crippen LogP contribution in [0.3, 0.4) is 0 Å². The van der Waals surface area contributed by atoms with Crippen molar-refractivity contribution in [1.29, 1.82) is 5.41 Å². The van der Waals surface area contributed by atoms with Crippen molar-refractivity contribution >= 4 is 56.4 Å². The summed E-state index contributed by atoms with van der Waals surface area (Å²) in [6.45, 7) is -0.289. The lowest BCUT2D eigenvalue weighted by molar-refractivity contribution is -0.115. The van der Waals surface area contributed by atoms with Crippen LogP contribution in [0.1, 0.15) is 10.5 Å². The summed E-state index contributed by atoms with van der Waals surface area (Å²) in [4.78, 5) is 26.6. The Hall–Kier alpha value is -3.26. The highest BCUT2D eigenvalue weighted by atomic mass is 32.2. The molecular formula is C14H15FN6O5S2. The number of amides is 1. The number of carboxylic acids is 1.